The Morgan fingerprint density at radius 2 is 1.60 bits per heavy atom. The number of benzene rings is 3. The monoisotopic (exact) mass is 1280 g/mol. The zero-order chi connectivity index (χ0) is 64.1. The number of hydrogen-bond donors (Lipinski definition) is 8. The minimum atomic E-state index is -4.09. The molecule has 4 fully saturated rings. The second-order valence-corrected chi connectivity index (χ2v) is 25.9. The summed E-state index contributed by atoms with van der Waals surface area (Å²) in [5, 5.41) is 14.2. The zero-order valence-corrected chi connectivity index (χ0v) is 51.2. The van der Waals surface area contributed by atoms with E-state index in [2.05, 4.69) is 56.8 Å². The van der Waals surface area contributed by atoms with Crippen molar-refractivity contribution in [2.45, 2.75) is 139 Å². The number of amides is 9. The van der Waals surface area contributed by atoms with Crippen molar-refractivity contribution in [1.29, 1.82) is 0 Å². The van der Waals surface area contributed by atoms with Gasteiger partial charge < -0.3 is 51.5 Å². The van der Waals surface area contributed by atoms with Crippen molar-refractivity contribution in [3.63, 3.8) is 0 Å². The number of alkyl halides is 4. The Kier molecular flexibility index (Phi) is 21.1. The van der Waals surface area contributed by atoms with E-state index in [4.69, 9.17) is 15.5 Å². The third kappa shape index (κ3) is 16.2. The van der Waals surface area contributed by atoms with Crippen molar-refractivity contribution in [2.75, 3.05) is 64.2 Å². The van der Waals surface area contributed by atoms with Crippen LogP contribution in [-0.2, 0) is 62.6 Å². The predicted molar refractivity (Wildman–Crippen MR) is 320 cm³/mol. The number of nitrogens with zero attached hydrogens (tertiary/aromatic N) is 5. The molecule has 89 heavy (non-hydrogen) atoms. The van der Waals surface area contributed by atoms with Crippen molar-refractivity contribution in [3.8, 4) is 0 Å². The van der Waals surface area contributed by atoms with Gasteiger partial charge >= 0.3 is 14.7 Å². The maximum absolute atomic E-state index is 14.8. The van der Waals surface area contributed by atoms with E-state index < -0.39 is 105 Å². The van der Waals surface area contributed by atoms with Gasteiger partial charge in [0.05, 0.1) is 17.0 Å². The molecule has 23 nitrogen and oxygen atoms in total. The Morgan fingerprint density at radius 1 is 0.865 bits per heavy atom. The number of piperazine rings is 1. The SMILES string of the molecule is CC(C)(C)c1ccc(C[C@H](NC(=O)[C@H](CCC(N)=O)NC(=O)[C@@H]2CC[C@@H]3CCN(CC(F)F)C[C@H](NC(=O)c4cc5cc(C(F)(F)OP(O)O)ccc5s4)C(=O)N32)C(=O)N2CCN(CCCNc3cccc4c3CN(C3CCC(=O)NC3=O)C4=O)CC2)cc1. The second-order valence-electron chi connectivity index (χ2n) is 24.1. The summed E-state index contributed by atoms with van der Waals surface area (Å²) in [6.45, 7) is 8.24. The lowest BCUT2D eigenvalue weighted by molar-refractivity contribution is -0.189. The molecule has 480 valence electrons. The molecule has 9 rings (SSSR count). The number of halogens is 4. The third-order valence-corrected chi connectivity index (χ3v) is 18.5. The number of fused-ring (bicyclic) bond motifs is 3. The molecule has 0 spiro atoms. The molecule has 0 radical (unpaired) electrons. The number of rotatable bonds is 23. The van der Waals surface area contributed by atoms with E-state index in [1.54, 1.807) is 17.0 Å². The van der Waals surface area contributed by atoms with Gasteiger partial charge in [-0.05, 0) is 103 Å². The fourth-order valence-corrected chi connectivity index (χ4v) is 13.5. The van der Waals surface area contributed by atoms with Crippen LogP contribution in [0, 0.1) is 0 Å². The lowest BCUT2D eigenvalue weighted by Crippen LogP contribution is -2.62. The van der Waals surface area contributed by atoms with Crippen LogP contribution in [0.4, 0.5) is 23.2 Å². The fourth-order valence-electron chi connectivity index (χ4n) is 12.2. The molecule has 5 aliphatic rings. The number of nitrogens with one attached hydrogen (secondary N) is 5. The number of carbonyl (C=O) groups is 9. The third-order valence-electron chi connectivity index (χ3n) is 17.0. The topological polar surface area (TPSA) is 306 Å². The molecule has 0 bridgehead atoms. The molecule has 0 saturated carbocycles. The van der Waals surface area contributed by atoms with Crippen LogP contribution in [0.3, 0.4) is 0 Å². The van der Waals surface area contributed by atoms with E-state index in [1.807, 2.05) is 30.3 Å². The molecule has 9 amide bonds. The smallest absolute Gasteiger partial charge is 0.385 e. The average Bonchev–Trinajstić information content (AvgIpc) is 2.02. The Morgan fingerprint density at radius 3 is 2.28 bits per heavy atom. The number of primary amides is 1. The summed E-state index contributed by atoms with van der Waals surface area (Å²) >= 11 is 0.880. The molecular weight excluding hydrogens is 1210 g/mol. The van der Waals surface area contributed by atoms with Crippen LogP contribution in [0.1, 0.15) is 114 Å². The first kappa shape index (κ1) is 66.2. The van der Waals surface area contributed by atoms with E-state index in [0.717, 1.165) is 45.8 Å². The van der Waals surface area contributed by atoms with Crippen LogP contribution in [0.2, 0.25) is 0 Å². The standard InChI is InChI=1S/C60H74F4N11O12PS/c1-59(2,3)36-10-8-34(9-11-36)28-43(57(83)73-26-24-71(25-27-73)22-5-21-66-41-7-4-6-39-40(41)31-74(56(39)82)45-16-19-51(77)70-53(45)79)68-52(78)42(14-18-50(65)76)67-54(80)46-15-13-38-20-23-72(33-49(61)62)32-44(58(84)75(38)46)69-55(81)48-30-35-29-37(12-17-47(35)89-48)60(63,64)87-88(85)86/h4,6-12,17,29-30,38,42-46,49,66,85-86H,5,13-16,18-28,31-33H2,1-3H3,(H2,65,76)(H,67,80)(H,68,78)(H,69,81)(H,70,77,79)/t38-,42+,43+,44+,45?,46+/m1/s1. The number of imide groups is 1. The molecule has 5 aliphatic heterocycles. The van der Waals surface area contributed by atoms with Crippen LogP contribution in [0.25, 0.3) is 10.1 Å². The van der Waals surface area contributed by atoms with Gasteiger partial charge in [0.1, 0.15) is 30.2 Å². The summed E-state index contributed by atoms with van der Waals surface area (Å²) in [4.78, 5) is 149. The summed E-state index contributed by atoms with van der Waals surface area (Å²) in [6, 6.07) is 10.8. The lowest BCUT2D eigenvalue weighted by atomic mass is 9.86. The number of thiophene rings is 1. The van der Waals surface area contributed by atoms with Crippen molar-refractivity contribution in [2.24, 2.45) is 5.73 Å². The lowest BCUT2D eigenvalue weighted by Gasteiger charge is -2.39. The number of nitrogens with two attached hydrogens (primary N) is 1. The number of carbonyl (C=O) groups excluding carboxylic acids is 9. The highest BCUT2D eigenvalue weighted by Gasteiger charge is 2.47. The molecule has 1 unspecified atom stereocenters. The van der Waals surface area contributed by atoms with Crippen LogP contribution in [0.5, 0.6) is 0 Å². The minimum absolute atomic E-state index is 0.0437. The number of hydrogen-bond acceptors (Lipinski definition) is 16. The summed E-state index contributed by atoms with van der Waals surface area (Å²) in [7, 11) is -3.43. The normalized spacial score (nSPS) is 21.1. The maximum Gasteiger partial charge on any atom is 0.389 e. The molecule has 4 aromatic rings. The van der Waals surface area contributed by atoms with Gasteiger partial charge in [0, 0.05) is 99.2 Å². The Labute approximate surface area is 516 Å². The molecule has 4 saturated heterocycles. The van der Waals surface area contributed by atoms with Gasteiger partial charge in [-0.2, -0.15) is 8.78 Å². The van der Waals surface area contributed by atoms with Crippen molar-refractivity contribution < 1.29 is 75.0 Å². The molecular formula is C60H74F4N11O12PS. The first-order valence-corrected chi connectivity index (χ1v) is 31.6. The van der Waals surface area contributed by atoms with Crippen molar-refractivity contribution >= 4 is 88.9 Å². The van der Waals surface area contributed by atoms with E-state index >= 15 is 0 Å². The molecule has 6 heterocycles. The van der Waals surface area contributed by atoms with Gasteiger partial charge in [0.2, 0.25) is 41.4 Å². The molecule has 6 atom stereocenters. The summed E-state index contributed by atoms with van der Waals surface area (Å²) in [6.07, 6.45) is -5.88. The molecule has 0 aliphatic carbocycles. The predicted octanol–water partition coefficient (Wildman–Crippen LogP) is 3.79. The van der Waals surface area contributed by atoms with Gasteiger partial charge in [0.25, 0.3) is 18.2 Å². The van der Waals surface area contributed by atoms with Gasteiger partial charge in [-0.15, -0.1) is 11.3 Å². The largest absolute Gasteiger partial charge is 0.389 e. The first-order valence-electron chi connectivity index (χ1n) is 29.7. The maximum atomic E-state index is 14.8. The molecule has 9 N–H and O–H groups in total. The Hall–Kier alpha value is -7.20. The number of anilines is 1. The summed E-state index contributed by atoms with van der Waals surface area (Å²) in [5.41, 5.74) is 8.49. The van der Waals surface area contributed by atoms with Crippen molar-refractivity contribution in [3.05, 3.63) is 99.4 Å². The van der Waals surface area contributed by atoms with Crippen LogP contribution in [0.15, 0.2) is 66.7 Å². The zero-order valence-electron chi connectivity index (χ0n) is 49.5. The van der Waals surface area contributed by atoms with Crippen molar-refractivity contribution in [1.82, 2.24) is 45.8 Å². The molecule has 3 aromatic carbocycles. The van der Waals surface area contributed by atoms with Gasteiger partial charge in [-0.3, -0.25) is 58.3 Å². The highest BCUT2D eigenvalue weighted by Crippen LogP contribution is 2.43. The van der Waals surface area contributed by atoms with Gasteiger partial charge in [-0.1, -0.05) is 51.1 Å². The number of piperidine rings is 1. The van der Waals surface area contributed by atoms with Gasteiger partial charge in [-0.25, -0.2) is 13.3 Å². The molecule has 29 heteroatoms. The van der Waals surface area contributed by atoms with Crippen LogP contribution in [-0.4, -0.2) is 189 Å². The van der Waals surface area contributed by atoms with E-state index in [-0.39, 0.29) is 104 Å². The Balaban J connectivity index is 0.858. The highest BCUT2D eigenvalue weighted by molar-refractivity contribution is 7.39. The highest BCUT2D eigenvalue weighted by atomic mass is 32.1. The van der Waals surface area contributed by atoms with E-state index in [0.29, 0.717) is 56.0 Å². The minimum Gasteiger partial charge on any atom is -0.385 e. The summed E-state index contributed by atoms with van der Waals surface area (Å²) < 4.78 is 61.5. The quantitative estimate of drug-likeness (QED) is 0.0227. The van der Waals surface area contributed by atoms with E-state index in [9.17, 15) is 60.7 Å². The van der Waals surface area contributed by atoms with E-state index in [1.165, 1.54) is 26.8 Å². The fraction of sp³-hybridized carbons (Fsp3) is 0.517. The van der Waals surface area contributed by atoms with Gasteiger partial charge in [0.15, 0.2) is 0 Å². The van der Waals surface area contributed by atoms with Crippen LogP contribution < -0.4 is 32.3 Å². The molecule has 1 aromatic heterocycles. The first-order chi connectivity index (χ1) is 42.2. The average molecular weight is 1280 g/mol. The summed E-state index contributed by atoms with van der Waals surface area (Å²) in [5.74, 6) is -5.49. The second kappa shape index (κ2) is 28.3. The Bertz CT molecular complexity index is 3330. The van der Waals surface area contributed by atoms with Crippen LogP contribution >= 0.6 is 19.9 Å².